The number of primary amides is 1. The van der Waals surface area contributed by atoms with Crippen molar-refractivity contribution in [3.63, 3.8) is 0 Å². The summed E-state index contributed by atoms with van der Waals surface area (Å²) in [5.74, 6) is 0.258. The molecule has 1 aromatic rings. The highest BCUT2D eigenvalue weighted by Gasteiger charge is 2.00. The lowest BCUT2D eigenvalue weighted by Gasteiger charge is -2.07. The predicted octanol–water partition coefficient (Wildman–Crippen LogP) is 0.886. The molecule has 5 heteroatoms. The molecule has 0 unspecified atom stereocenters. The Labute approximate surface area is 94.2 Å². The Balaban J connectivity index is 2.31. The van der Waals surface area contributed by atoms with Crippen molar-refractivity contribution in [2.75, 3.05) is 13.2 Å². The van der Waals surface area contributed by atoms with Crippen LogP contribution in [0.4, 0.5) is 4.79 Å². The number of nitrogens with two attached hydrogens (primary N) is 1. The van der Waals surface area contributed by atoms with Gasteiger partial charge in [0, 0.05) is 18.7 Å². The SMILES string of the molecule is Cc1ccc(O)c(CNCCOC(N)=O)c1. The van der Waals surface area contributed by atoms with Crippen molar-refractivity contribution < 1.29 is 14.6 Å². The predicted molar refractivity (Wildman–Crippen MR) is 60.1 cm³/mol. The summed E-state index contributed by atoms with van der Waals surface area (Å²) in [6.45, 7) is 3.20. The lowest BCUT2D eigenvalue weighted by molar-refractivity contribution is 0.157. The molecule has 0 fully saturated rings. The monoisotopic (exact) mass is 224 g/mol. The van der Waals surface area contributed by atoms with E-state index in [9.17, 15) is 9.90 Å². The number of aromatic hydroxyl groups is 1. The normalized spacial score (nSPS) is 10.1. The molecule has 0 aliphatic carbocycles. The van der Waals surface area contributed by atoms with Crippen molar-refractivity contribution in [1.82, 2.24) is 5.32 Å². The van der Waals surface area contributed by atoms with Crippen LogP contribution in [0.1, 0.15) is 11.1 Å². The third kappa shape index (κ3) is 4.18. The third-order valence-corrected chi connectivity index (χ3v) is 2.07. The van der Waals surface area contributed by atoms with E-state index in [2.05, 4.69) is 10.1 Å². The van der Waals surface area contributed by atoms with Gasteiger partial charge in [0.1, 0.15) is 12.4 Å². The number of carbonyl (C=O) groups is 1. The smallest absolute Gasteiger partial charge is 0.404 e. The van der Waals surface area contributed by atoms with Gasteiger partial charge in [0.2, 0.25) is 0 Å². The number of phenolic OH excluding ortho intramolecular Hbond substituents is 1. The summed E-state index contributed by atoms with van der Waals surface area (Å²) in [6, 6.07) is 5.40. The lowest BCUT2D eigenvalue weighted by atomic mass is 10.1. The fourth-order valence-electron chi connectivity index (χ4n) is 1.30. The Morgan fingerprint density at radius 1 is 1.56 bits per heavy atom. The van der Waals surface area contributed by atoms with Crippen LogP contribution >= 0.6 is 0 Å². The average Bonchev–Trinajstić information content (AvgIpc) is 2.22. The first-order valence-electron chi connectivity index (χ1n) is 5.01. The first kappa shape index (κ1) is 12.3. The minimum absolute atomic E-state index is 0.224. The Morgan fingerprint density at radius 2 is 2.31 bits per heavy atom. The topological polar surface area (TPSA) is 84.6 Å². The van der Waals surface area contributed by atoms with Crippen molar-refractivity contribution >= 4 is 6.09 Å². The molecule has 1 aromatic carbocycles. The zero-order valence-corrected chi connectivity index (χ0v) is 9.19. The van der Waals surface area contributed by atoms with Crippen molar-refractivity contribution in [3.8, 4) is 5.75 Å². The average molecular weight is 224 g/mol. The minimum Gasteiger partial charge on any atom is -0.508 e. The zero-order chi connectivity index (χ0) is 12.0. The first-order chi connectivity index (χ1) is 7.59. The number of rotatable bonds is 5. The Hall–Kier alpha value is -1.75. The molecule has 5 nitrogen and oxygen atoms in total. The third-order valence-electron chi connectivity index (χ3n) is 2.07. The first-order valence-corrected chi connectivity index (χ1v) is 5.01. The molecule has 1 amide bonds. The van der Waals surface area contributed by atoms with Gasteiger partial charge in [-0.3, -0.25) is 0 Å². The van der Waals surface area contributed by atoms with E-state index >= 15 is 0 Å². The van der Waals surface area contributed by atoms with Gasteiger partial charge in [-0.1, -0.05) is 17.7 Å². The molecule has 0 aliphatic heterocycles. The summed E-state index contributed by atoms with van der Waals surface area (Å²) in [7, 11) is 0. The summed E-state index contributed by atoms with van der Waals surface area (Å²) < 4.78 is 4.55. The molecule has 16 heavy (non-hydrogen) atoms. The molecule has 0 aromatic heterocycles. The van der Waals surface area contributed by atoms with Gasteiger partial charge < -0.3 is 20.9 Å². The number of hydrogen-bond acceptors (Lipinski definition) is 4. The van der Waals surface area contributed by atoms with Gasteiger partial charge >= 0.3 is 6.09 Å². The molecule has 0 atom stereocenters. The number of hydrogen-bond donors (Lipinski definition) is 3. The molecule has 0 heterocycles. The molecule has 0 radical (unpaired) electrons. The second-order valence-electron chi connectivity index (χ2n) is 3.48. The van der Waals surface area contributed by atoms with E-state index in [0.717, 1.165) is 11.1 Å². The van der Waals surface area contributed by atoms with E-state index < -0.39 is 6.09 Å². The lowest BCUT2D eigenvalue weighted by Crippen LogP contribution is -2.23. The summed E-state index contributed by atoms with van der Waals surface area (Å²) in [5, 5.41) is 12.6. The van der Waals surface area contributed by atoms with Gasteiger partial charge in [0.15, 0.2) is 0 Å². The molecule has 1 rings (SSSR count). The van der Waals surface area contributed by atoms with Crippen LogP contribution in [-0.4, -0.2) is 24.4 Å². The van der Waals surface area contributed by atoms with Gasteiger partial charge in [-0.2, -0.15) is 0 Å². The van der Waals surface area contributed by atoms with Gasteiger partial charge in [-0.15, -0.1) is 0 Å². The molecule has 0 spiro atoms. The maximum atomic E-state index is 10.3. The van der Waals surface area contributed by atoms with E-state index in [1.807, 2.05) is 19.1 Å². The molecular weight excluding hydrogens is 208 g/mol. The van der Waals surface area contributed by atoms with Gasteiger partial charge in [0.05, 0.1) is 0 Å². The summed E-state index contributed by atoms with van der Waals surface area (Å²) in [4.78, 5) is 10.3. The highest BCUT2D eigenvalue weighted by molar-refractivity contribution is 5.64. The number of phenols is 1. The number of carbonyl (C=O) groups excluding carboxylic acids is 1. The molecule has 0 aliphatic rings. The standard InChI is InChI=1S/C11H16N2O3/c1-8-2-3-10(14)9(6-8)7-13-4-5-16-11(12)15/h2-3,6,13-14H,4-5,7H2,1H3,(H2,12,15). The summed E-state index contributed by atoms with van der Waals surface area (Å²) in [6.07, 6.45) is -0.778. The second-order valence-corrected chi connectivity index (χ2v) is 3.48. The number of amides is 1. The molecular formula is C11H16N2O3. The van der Waals surface area contributed by atoms with Gasteiger partial charge in [-0.05, 0) is 13.0 Å². The van der Waals surface area contributed by atoms with E-state index in [4.69, 9.17) is 5.73 Å². The van der Waals surface area contributed by atoms with E-state index in [0.29, 0.717) is 13.1 Å². The quantitative estimate of drug-likeness (QED) is 0.648. The van der Waals surface area contributed by atoms with Crippen LogP contribution in [0.15, 0.2) is 18.2 Å². The highest BCUT2D eigenvalue weighted by atomic mass is 16.5. The molecule has 0 saturated carbocycles. The maximum absolute atomic E-state index is 10.3. The van der Waals surface area contributed by atoms with Gasteiger partial charge in [0.25, 0.3) is 0 Å². The largest absolute Gasteiger partial charge is 0.508 e. The molecule has 0 saturated heterocycles. The minimum atomic E-state index is -0.778. The summed E-state index contributed by atoms with van der Waals surface area (Å²) in [5.41, 5.74) is 6.71. The van der Waals surface area contributed by atoms with Crippen LogP contribution in [0.5, 0.6) is 5.75 Å². The zero-order valence-electron chi connectivity index (χ0n) is 9.19. The van der Waals surface area contributed by atoms with Crippen LogP contribution in [0, 0.1) is 6.92 Å². The van der Waals surface area contributed by atoms with E-state index in [-0.39, 0.29) is 12.4 Å². The van der Waals surface area contributed by atoms with E-state index in [1.54, 1.807) is 6.07 Å². The fraction of sp³-hybridized carbons (Fsp3) is 0.364. The molecule has 4 N–H and O–H groups in total. The van der Waals surface area contributed by atoms with Crippen molar-refractivity contribution in [2.24, 2.45) is 5.73 Å². The van der Waals surface area contributed by atoms with Crippen LogP contribution in [0.2, 0.25) is 0 Å². The van der Waals surface area contributed by atoms with Gasteiger partial charge in [-0.25, -0.2) is 4.79 Å². The van der Waals surface area contributed by atoms with E-state index in [1.165, 1.54) is 0 Å². The van der Waals surface area contributed by atoms with Crippen molar-refractivity contribution in [2.45, 2.75) is 13.5 Å². The Bertz CT molecular complexity index is 366. The van der Waals surface area contributed by atoms with Crippen LogP contribution in [-0.2, 0) is 11.3 Å². The van der Waals surface area contributed by atoms with Crippen LogP contribution in [0.3, 0.4) is 0 Å². The number of benzene rings is 1. The number of aryl methyl sites for hydroxylation is 1. The molecule has 88 valence electrons. The summed E-state index contributed by atoms with van der Waals surface area (Å²) >= 11 is 0. The van der Waals surface area contributed by atoms with Crippen molar-refractivity contribution in [1.29, 1.82) is 0 Å². The maximum Gasteiger partial charge on any atom is 0.404 e. The fourth-order valence-corrected chi connectivity index (χ4v) is 1.30. The molecule has 0 bridgehead atoms. The number of ether oxygens (including phenoxy) is 1. The number of nitrogens with one attached hydrogen (secondary N) is 1. The Morgan fingerprint density at radius 3 is 3.00 bits per heavy atom. The van der Waals surface area contributed by atoms with Crippen LogP contribution in [0.25, 0.3) is 0 Å². The highest BCUT2D eigenvalue weighted by Crippen LogP contribution is 2.17. The second kappa shape index (κ2) is 5.97. The van der Waals surface area contributed by atoms with Crippen LogP contribution < -0.4 is 11.1 Å². The Kier molecular flexibility index (Phi) is 4.60. The van der Waals surface area contributed by atoms with Crippen molar-refractivity contribution in [3.05, 3.63) is 29.3 Å².